The number of H-pyrrole nitrogens is 1. The number of hydrogen-bond donors (Lipinski definition) is 5. The second-order valence-electron chi connectivity index (χ2n) is 10.5. The summed E-state index contributed by atoms with van der Waals surface area (Å²) in [6, 6.07) is 11.3. The van der Waals surface area contributed by atoms with Crippen molar-refractivity contribution in [2.45, 2.75) is 50.7 Å². The van der Waals surface area contributed by atoms with E-state index in [1.54, 1.807) is 18.3 Å². The average Bonchev–Trinajstić information content (AvgIpc) is 3.60. The van der Waals surface area contributed by atoms with Crippen LogP contribution in [0.2, 0.25) is 0 Å². The summed E-state index contributed by atoms with van der Waals surface area (Å²) in [5, 5.41) is 26.0. The van der Waals surface area contributed by atoms with E-state index in [-0.39, 0.29) is 16.9 Å². The minimum atomic E-state index is -0.601. The summed E-state index contributed by atoms with van der Waals surface area (Å²) in [4.78, 5) is 31.3. The smallest absolute Gasteiger partial charge is 0.287 e. The summed E-state index contributed by atoms with van der Waals surface area (Å²) in [5.41, 5.74) is 2.43. The molecule has 4 heterocycles. The Kier molecular flexibility index (Phi) is 6.95. The highest BCUT2D eigenvalue weighted by molar-refractivity contribution is 7.14. The Morgan fingerprint density at radius 3 is 2.80 bits per heavy atom. The largest absolute Gasteiger partial charge is 0.388 e. The highest BCUT2D eigenvalue weighted by Crippen LogP contribution is 2.36. The molecule has 2 atom stereocenters. The van der Waals surface area contributed by atoms with Gasteiger partial charge in [0.05, 0.1) is 22.4 Å². The number of halogens is 1. The van der Waals surface area contributed by atoms with Crippen LogP contribution in [0, 0.1) is 5.82 Å². The van der Waals surface area contributed by atoms with Crippen molar-refractivity contribution >= 4 is 34.4 Å². The zero-order chi connectivity index (χ0) is 27.9. The molecule has 0 radical (unpaired) electrons. The molecule has 1 unspecified atom stereocenters. The number of anilines is 3. The summed E-state index contributed by atoms with van der Waals surface area (Å²) >= 11 is 1.32. The number of rotatable bonds is 6. The van der Waals surface area contributed by atoms with Gasteiger partial charge in [-0.05, 0) is 93.1 Å². The van der Waals surface area contributed by atoms with E-state index >= 15 is 0 Å². The lowest BCUT2D eigenvalue weighted by Crippen LogP contribution is -2.33. The molecule has 11 heteroatoms. The first-order valence-electron chi connectivity index (χ1n) is 13.3. The second-order valence-corrected chi connectivity index (χ2v) is 11.6. The SMILES string of the molecule is C[C@]1(c2ccc(Nc3cc(-c4ccc(F)c(NC(=O)c5cc6c(s5)CCCC6O)c4)n[nH]c3=O)nc2)CCCN1. The van der Waals surface area contributed by atoms with Gasteiger partial charge in [0.2, 0.25) is 0 Å². The maximum absolute atomic E-state index is 14.7. The molecule has 40 heavy (non-hydrogen) atoms. The van der Waals surface area contributed by atoms with Gasteiger partial charge in [0.1, 0.15) is 17.3 Å². The van der Waals surface area contributed by atoms with Gasteiger partial charge in [0.25, 0.3) is 11.5 Å². The fourth-order valence-corrected chi connectivity index (χ4v) is 6.48. The predicted octanol–water partition coefficient (Wildman–Crippen LogP) is 5.00. The number of aromatic nitrogens is 3. The minimum Gasteiger partial charge on any atom is -0.388 e. The molecule has 2 aliphatic rings. The molecule has 1 fully saturated rings. The van der Waals surface area contributed by atoms with Crippen molar-refractivity contribution in [2.24, 2.45) is 0 Å². The van der Waals surface area contributed by atoms with E-state index in [9.17, 15) is 19.1 Å². The number of pyridine rings is 1. The van der Waals surface area contributed by atoms with Crippen molar-refractivity contribution in [3.05, 3.63) is 85.7 Å². The van der Waals surface area contributed by atoms with Gasteiger partial charge in [0, 0.05) is 22.2 Å². The molecular formula is C29H29FN6O3S. The predicted molar refractivity (Wildman–Crippen MR) is 153 cm³/mol. The second kappa shape index (κ2) is 10.6. The summed E-state index contributed by atoms with van der Waals surface area (Å²) in [6.07, 6.45) is 5.73. The Morgan fingerprint density at radius 2 is 2.05 bits per heavy atom. The molecule has 0 saturated carbocycles. The molecule has 1 saturated heterocycles. The van der Waals surface area contributed by atoms with Gasteiger partial charge in [-0.1, -0.05) is 6.07 Å². The van der Waals surface area contributed by atoms with Crippen LogP contribution in [0.15, 0.2) is 53.5 Å². The standard InChI is InChI=1S/C29H29FN6O3S/c1-29(10-3-11-32-29)17-7-9-26(31-15-17)33-22-14-20(35-36-27(22)38)16-6-8-19(30)21(12-16)34-28(39)25-13-18-23(37)4-2-5-24(18)40-25/h6-9,12-15,23,32,37H,2-5,10-11H2,1H3,(H,34,39)(H,36,38)(H,31,33,35)/t23?,29-/m1/s1. The third kappa shape index (κ3) is 5.15. The molecule has 1 aromatic carbocycles. The average molecular weight is 561 g/mol. The normalized spacial score (nSPS) is 20.2. The monoisotopic (exact) mass is 560 g/mol. The van der Waals surface area contributed by atoms with Crippen LogP contribution in [0.5, 0.6) is 0 Å². The third-order valence-corrected chi connectivity index (χ3v) is 8.86. The number of aliphatic hydroxyl groups is 1. The van der Waals surface area contributed by atoms with Crippen molar-refractivity contribution in [3.8, 4) is 11.3 Å². The van der Waals surface area contributed by atoms with Gasteiger partial charge in [0.15, 0.2) is 0 Å². The number of nitrogens with zero attached hydrogens (tertiary/aromatic N) is 2. The zero-order valence-electron chi connectivity index (χ0n) is 21.9. The van der Waals surface area contributed by atoms with Gasteiger partial charge < -0.3 is 21.1 Å². The molecule has 4 aromatic rings. The molecular weight excluding hydrogens is 531 g/mol. The fourth-order valence-electron chi connectivity index (χ4n) is 5.33. The van der Waals surface area contributed by atoms with Crippen LogP contribution in [0.25, 0.3) is 11.3 Å². The van der Waals surface area contributed by atoms with Crippen LogP contribution in [-0.2, 0) is 12.0 Å². The Morgan fingerprint density at radius 1 is 1.18 bits per heavy atom. The number of aryl methyl sites for hydroxylation is 1. The lowest BCUT2D eigenvalue weighted by molar-refractivity contribution is 0.103. The number of amides is 1. The van der Waals surface area contributed by atoms with Crippen LogP contribution in [-0.4, -0.2) is 32.7 Å². The Balaban J connectivity index is 1.21. The fraction of sp³-hybridized carbons (Fsp3) is 0.310. The van der Waals surface area contributed by atoms with Crippen molar-refractivity contribution in [1.29, 1.82) is 0 Å². The lowest BCUT2D eigenvalue weighted by Gasteiger charge is -2.24. The maximum atomic E-state index is 14.7. The van der Waals surface area contributed by atoms with Crippen LogP contribution >= 0.6 is 11.3 Å². The van der Waals surface area contributed by atoms with Crippen LogP contribution in [0.3, 0.4) is 0 Å². The number of benzene rings is 1. The van der Waals surface area contributed by atoms with Crippen molar-refractivity contribution < 1.29 is 14.3 Å². The summed E-state index contributed by atoms with van der Waals surface area (Å²) in [7, 11) is 0. The molecule has 1 amide bonds. The number of aliphatic hydroxyl groups excluding tert-OH is 1. The summed E-state index contributed by atoms with van der Waals surface area (Å²) < 4.78 is 14.7. The highest BCUT2D eigenvalue weighted by Gasteiger charge is 2.30. The number of carbonyl (C=O) groups excluding carboxylic acids is 1. The molecule has 5 N–H and O–H groups in total. The van der Waals surface area contributed by atoms with Crippen LogP contribution < -0.4 is 21.5 Å². The minimum absolute atomic E-state index is 0.0109. The van der Waals surface area contributed by atoms with Crippen LogP contribution in [0.1, 0.15) is 64.4 Å². The summed E-state index contributed by atoms with van der Waals surface area (Å²) in [5.74, 6) is -0.546. The molecule has 6 rings (SSSR count). The molecule has 3 aromatic heterocycles. The topological polar surface area (TPSA) is 132 Å². The van der Waals surface area contributed by atoms with Crippen molar-refractivity contribution in [2.75, 3.05) is 17.2 Å². The number of fused-ring (bicyclic) bond motifs is 1. The molecule has 9 nitrogen and oxygen atoms in total. The molecule has 0 bridgehead atoms. The van der Waals surface area contributed by atoms with E-state index in [0.29, 0.717) is 28.4 Å². The van der Waals surface area contributed by atoms with Crippen molar-refractivity contribution in [1.82, 2.24) is 20.5 Å². The quantitative estimate of drug-likeness (QED) is 0.224. The summed E-state index contributed by atoms with van der Waals surface area (Å²) in [6.45, 7) is 3.13. The maximum Gasteiger partial charge on any atom is 0.287 e. The van der Waals surface area contributed by atoms with Gasteiger partial charge in [-0.15, -0.1) is 11.3 Å². The highest BCUT2D eigenvalue weighted by atomic mass is 32.1. The van der Waals surface area contributed by atoms with E-state index in [4.69, 9.17) is 0 Å². The molecule has 0 spiro atoms. The number of hydrogen-bond acceptors (Lipinski definition) is 8. The van der Waals surface area contributed by atoms with E-state index in [2.05, 4.69) is 38.1 Å². The molecule has 1 aliphatic heterocycles. The van der Waals surface area contributed by atoms with Crippen LogP contribution in [0.4, 0.5) is 21.6 Å². The number of nitrogens with one attached hydrogen (secondary N) is 4. The Labute approximate surface area is 233 Å². The number of aromatic amines is 1. The zero-order valence-corrected chi connectivity index (χ0v) is 22.7. The number of carbonyl (C=O) groups is 1. The van der Waals surface area contributed by atoms with Gasteiger partial charge in [-0.2, -0.15) is 5.10 Å². The number of thiophene rings is 1. The first-order valence-corrected chi connectivity index (χ1v) is 14.1. The first kappa shape index (κ1) is 26.3. The molecule has 1 aliphatic carbocycles. The third-order valence-electron chi connectivity index (χ3n) is 7.65. The Bertz CT molecular complexity index is 1630. The van der Waals surface area contributed by atoms with E-state index in [1.807, 2.05) is 12.1 Å². The van der Waals surface area contributed by atoms with Gasteiger partial charge >= 0.3 is 0 Å². The van der Waals surface area contributed by atoms with E-state index in [1.165, 1.54) is 29.5 Å². The van der Waals surface area contributed by atoms with Gasteiger partial charge in [-0.25, -0.2) is 14.5 Å². The molecule has 206 valence electrons. The van der Waals surface area contributed by atoms with E-state index in [0.717, 1.165) is 48.2 Å². The van der Waals surface area contributed by atoms with Crippen molar-refractivity contribution in [3.63, 3.8) is 0 Å². The van der Waals surface area contributed by atoms with Gasteiger partial charge in [-0.3, -0.25) is 9.59 Å². The lowest BCUT2D eigenvalue weighted by atomic mass is 9.92. The first-order chi connectivity index (χ1) is 19.3. The van der Waals surface area contributed by atoms with E-state index < -0.39 is 23.4 Å². The Hall–Kier alpha value is -3.93.